The van der Waals surface area contributed by atoms with Crippen LogP contribution < -0.4 is 0 Å². The number of rotatable bonds is 8. The molecule has 0 amide bonds. The van der Waals surface area contributed by atoms with Crippen molar-refractivity contribution in [2.45, 2.75) is 33.3 Å². The molecule has 0 fully saturated rings. The normalized spacial score (nSPS) is 12.3. The zero-order valence-electron chi connectivity index (χ0n) is 13.9. The van der Waals surface area contributed by atoms with Crippen LogP contribution in [0.25, 0.3) is 6.08 Å². The van der Waals surface area contributed by atoms with E-state index in [1.165, 1.54) is 0 Å². The number of hydrogen-bond acceptors (Lipinski definition) is 5. The van der Waals surface area contributed by atoms with Gasteiger partial charge in [-0.3, -0.25) is 4.79 Å². The smallest absolute Gasteiger partial charge is 0.338 e. The molecule has 0 saturated heterocycles. The van der Waals surface area contributed by atoms with Crippen LogP contribution in [0.5, 0.6) is 0 Å². The first-order chi connectivity index (χ1) is 10.8. The predicted octanol–water partition coefficient (Wildman–Crippen LogP) is 2.83. The summed E-state index contributed by atoms with van der Waals surface area (Å²) in [5.41, 5.74) is 0.683. The average molecular weight is 320 g/mol. The van der Waals surface area contributed by atoms with Crippen molar-refractivity contribution in [3.05, 3.63) is 42.0 Å². The van der Waals surface area contributed by atoms with E-state index in [0.717, 1.165) is 5.56 Å². The summed E-state index contributed by atoms with van der Waals surface area (Å²) < 4.78 is 10.0. The maximum absolute atomic E-state index is 11.8. The number of carbonyl (C=O) groups is 2. The second kappa shape index (κ2) is 8.48. The van der Waals surface area contributed by atoms with Crippen molar-refractivity contribution in [2.75, 3.05) is 13.2 Å². The largest absolute Gasteiger partial charge is 0.462 e. The van der Waals surface area contributed by atoms with E-state index in [2.05, 4.69) is 6.58 Å². The fourth-order valence-corrected chi connectivity index (χ4v) is 1.57. The van der Waals surface area contributed by atoms with Gasteiger partial charge in [0.25, 0.3) is 0 Å². The third-order valence-corrected chi connectivity index (χ3v) is 3.63. The van der Waals surface area contributed by atoms with Gasteiger partial charge in [0.05, 0.1) is 11.0 Å². The standard InChI is InChI=1S/C18H24O5/c1-5-13-7-9-14(10-8-13)16(20)22-11-15(19)12-23-17(21)18(3,4)6-2/h5,7-10,15,19H,1,6,11-12H2,2-4H3. The first-order valence-electron chi connectivity index (χ1n) is 7.55. The van der Waals surface area contributed by atoms with Gasteiger partial charge in [0.1, 0.15) is 19.3 Å². The summed E-state index contributed by atoms with van der Waals surface area (Å²) in [4.78, 5) is 23.6. The highest BCUT2D eigenvalue weighted by Gasteiger charge is 2.27. The number of hydrogen-bond donors (Lipinski definition) is 1. The SMILES string of the molecule is C=Cc1ccc(C(=O)OCC(O)COC(=O)C(C)(C)CC)cc1. The molecule has 23 heavy (non-hydrogen) atoms. The molecule has 0 saturated carbocycles. The maximum Gasteiger partial charge on any atom is 0.338 e. The van der Waals surface area contributed by atoms with E-state index >= 15 is 0 Å². The van der Waals surface area contributed by atoms with Gasteiger partial charge in [-0.05, 0) is 38.0 Å². The van der Waals surface area contributed by atoms with Crippen molar-refractivity contribution in [2.24, 2.45) is 5.41 Å². The first-order valence-corrected chi connectivity index (χ1v) is 7.55. The van der Waals surface area contributed by atoms with Gasteiger partial charge in [0.2, 0.25) is 0 Å². The number of esters is 2. The van der Waals surface area contributed by atoms with Crippen LogP contribution in [0.15, 0.2) is 30.8 Å². The van der Waals surface area contributed by atoms with E-state index in [1.807, 2.05) is 6.92 Å². The Morgan fingerprint density at radius 1 is 1.22 bits per heavy atom. The van der Waals surface area contributed by atoms with Crippen LogP contribution in [0.2, 0.25) is 0 Å². The minimum Gasteiger partial charge on any atom is -0.462 e. The lowest BCUT2D eigenvalue weighted by atomic mass is 9.91. The van der Waals surface area contributed by atoms with E-state index in [-0.39, 0.29) is 19.2 Å². The van der Waals surface area contributed by atoms with E-state index in [9.17, 15) is 14.7 Å². The molecule has 1 unspecified atom stereocenters. The fourth-order valence-electron chi connectivity index (χ4n) is 1.57. The van der Waals surface area contributed by atoms with Gasteiger partial charge in [-0.15, -0.1) is 0 Å². The van der Waals surface area contributed by atoms with Crippen LogP contribution in [0.3, 0.4) is 0 Å². The Hall–Kier alpha value is -2.14. The van der Waals surface area contributed by atoms with Gasteiger partial charge >= 0.3 is 11.9 Å². The molecule has 0 aromatic heterocycles. The molecule has 1 N–H and O–H groups in total. The number of ether oxygens (including phenoxy) is 2. The Kier molecular flexibility index (Phi) is 6.97. The van der Waals surface area contributed by atoms with Gasteiger partial charge in [-0.25, -0.2) is 4.79 Å². The Balaban J connectivity index is 2.40. The summed E-state index contributed by atoms with van der Waals surface area (Å²) in [6, 6.07) is 6.73. The molecule has 0 aliphatic carbocycles. The molecular formula is C18H24O5. The summed E-state index contributed by atoms with van der Waals surface area (Å²) in [5.74, 6) is -0.926. The van der Waals surface area contributed by atoms with Crippen molar-refractivity contribution >= 4 is 18.0 Å². The van der Waals surface area contributed by atoms with Crippen molar-refractivity contribution in [3.8, 4) is 0 Å². The first kappa shape index (κ1) is 18.9. The van der Waals surface area contributed by atoms with E-state index in [4.69, 9.17) is 9.47 Å². The third-order valence-electron chi connectivity index (χ3n) is 3.63. The van der Waals surface area contributed by atoms with Crippen molar-refractivity contribution in [1.82, 2.24) is 0 Å². The molecule has 0 heterocycles. The Morgan fingerprint density at radius 3 is 2.30 bits per heavy atom. The third kappa shape index (κ3) is 5.87. The molecule has 1 aromatic carbocycles. The highest BCUT2D eigenvalue weighted by Crippen LogP contribution is 2.21. The zero-order valence-corrected chi connectivity index (χ0v) is 13.9. The van der Waals surface area contributed by atoms with Crippen LogP contribution in [-0.2, 0) is 14.3 Å². The van der Waals surface area contributed by atoms with Gasteiger partial charge in [0.15, 0.2) is 0 Å². The van der Waals surface area contributed by atoms with Crippen molar-refractivity contribution in [3.63, 3.8) is 0 Å². The summed E-state index contributed by atoms with van der Waals surface area (Å²) in [6.07, 6.45) is 1.26. The van der Waals surface area contributed by atoms with Crippen LogP contribution in [-0.4, -0.2) is 36.4 Å². The topological polar surface area (TPSA) is 72.8 Å². The minimum absolute atomic E-state index is 0.203. The Bertz CT molecular complexity index is 545. The van der Waals surface area contributed by atoms with Gasteiger partial charge in [-0.1, -0.05) is 31.7 Å². The van der Waals surface area contributed by atoms with Crippen LogP contribution in [0.1, 0.15) is 43.1 Å². The molecule has 0 bridgehead atoms. The quantitative estimate of drug-likeness (QED) is 0.746. The molecule has 1 atom stereocenters. The van der Waals surface area contributed by atoms with Crippen LogP contribution in [0.4, 0.5) is 0 Å². The Labute approximate surface area is 136 Å². The number of aliphatic hydroxyl groups excluding tert-OH is 1. The van der Waals surface area contributed by atoms with E-state index in [1.54, 1.807) is 44.2 Å². The molecule has 5 heteroatoms. The second-order valence-electron chi connectivity index (χ2n) is 5.91. The molecule has 1 rings (SSSR count). The molecule has 5 nitrogen and oxygen atoms in total. The summed E-state index contributed by atoms with van der Waals surface area (Å²) in [7, 11) is 0. The summed E-state index contributed by atoms with van der Waals surface area (Å²) in [5, 5.41) is 9.75. The lowest BCUT2D eigenvalue weighted by Crippen LogP contribution is -2.31. The molecule has 0 aliphatic heterocycles. The summed E-state index contributed by atoms with van der Waals surface area (Å²) >= 11 is 0. The van der Waals surface area contributed by atoms with Gasteiger partial charge < -0.3 is 14.6 Å². The van der Waals surface area contributed by atoms with Crippen molar-refractivity contribution in [1.29, 1.82) is 0 Å². The van der Waals surface area contributed by atoms with Crippen molar-refractivity contribution < 1.29 is 24.2 Å². The maximum atomic E-state index is 11.8. The molecular weight excluding hydrogens is 296 g/mol. The van der Waals surface area contributed by atoms with Crippen LogP contribution in [0, 0.1) is 5.41 Å². The monoisotopic (exact) mass is 320 g/mol. The van der Waals surface area contributed by atoms with E-state index in [0.29, 0.717) is 12.0 Å². The molecule has 0 spiro atoms. The average Bonchev–Trinajstić information content (AvgIpc) is 2.57. The highest BCUT2D eigenvalue weighted by atomic mass is 16.6. The van der Waals surface area contributed by atoms with E-state index < -0.39 is 17.5 Å². The predicted molar refractivity (Wildman–Crippen MR) is 87.9 cm³/mol. The Morgan fingerprint density at radius 2 is 1.78 bits per heavy atom. The highest BCUT2D eigenvalue weighted by molar-refractivity contribution is 5.89. The lowest BCUT2D eigenvalue weighted by Gasteiger charge is -2.21. The lowest BCUT2D eigenvalue weighted by molar-refractivity contribution is -0.157. The molecule has 1 aromatic rings. The minimum atomic E-state index is -1.05. The number of carbonyl (C=O) groups excluding carboxylic acids is 2. The zero-order chi connectivity index (χ0) is 17.5. The number of benzene rings is 1. The van der Waals surface area contributed by atoms with Gasteiger partial charge in [0, 0.05) is 0 Å². The molecule has 0 aliphatic rings. The number of aliphatic hydroxyl groups is 1. The van der Waals surface area contributed by atoms with Crippen LogP contribution >= 0.6 is 0 Å². The van der Waals surface area contributed by atoms with Gasteiger partial charge in [-0.2, -0.15) is 0 Å². The molecule has 0 radical (unpaired) electrons. The fraction of sp³-hybridized carbons (Fsp3) is 0.444. The molecule has 126 valence electrons. The summed E-state index contributed by atoms with van der Waals surface area (Å²) in [6.45, 7) is 8.63. The second-order valence-corrected chi connectivity index (χ2v) is 5.91.